The highest BCUT2D eigenvalue weighted by atomic mass is 35.5. The van der Waals surface area contributed by atoms with E-state index in [-0.39, 0.29) is 15.5 Å². The molecular formula is C18H20ClF3N3O3S+. The SMILES string of the molecule is C[NH+](C)CCNC(=O)c1cccc(S(=O)(=O)Nc2cc(C(F)(F)F)ccc2Cl)c1. The standard InChI is InChI=1S/C18H19ClF3N3O3S/c1-25(2)9-8-23-17(26)12-4-3-5-14(10-12)29(27,28)24-16-11-13(18(20,21)22)6-7-15(16)19/h3-7,10-11,24H,8-9H2,1-2H3,(H,23,26)/p+1. The Morgan fingerprint density at radius 3 is 2.45 bits per heavy atom. The van der Waals surface area contributed by atoms with Crippen molar-refractivity contribution in [2.45, 2.75) is 11.1 Å². The van der Waals surface area contributed by atoms with Gasteiger partial charge in [-0.25, -0.2) is 8.42 Å². The van der Waals surface area contributed by atoms with Gasteiger partial charge in [0.2, 0.25) is 0 Å². The summed E-state index contributed by atoms with van der Waals surface area (Å²) in [7, 11) is -0.433. The predicted molar refractivity (Wildman–Crippen MR) is 104 cm³/mol. The van der Waals surface area contributed by atoms with Gasteiger partial charge in [-0.3, -0.25) is 9.52 Å². The number of alkyl halides is 3. The van der Waals surface area contributed by atoms with Gasteiger partial charge in [-0.1, -0.05) is 17.7 Å². The second-order valence-electron chi connectivity index (χ2n) is 6.54. The predicted octanol–water partition coefficient (Wildman–Crippen LogP) is 2.03. The number of nitrogens with one attached hydrogen (secondary N) is 3. The third-order valence-corrected chi connectivity index (χ3v) is 5.55. The highest BCUT2D eigenvalue weighted by molar-refractivity contribution is 7.92. The number of hydrogen-bond acceptors (Lipinski definition) is 3. The second kappa shape index (κ2) is 9.02. The topological polar surface area (TPSA) is 79.7 Å². The molecule has 3 N–H and O–H groups in total. The molecule has 158 valence electrons. The van der Waals surface area contributed by atoms with E-state index in [9.17, 15) is 26.4 Å². The van der Waals surface area contributed by atoms with Gasteiger partial charge < -0.3 is 10.2 Å². The van der Waals surface area contributed by atoms with E-state index >= 15 is 0 Å². The van der Waals surface area contributed by atoms with Crippen LogP contribution in [-0.4, -0.2) is 41.5 Å². The average Bonchev–Trinajstić information content (AvgIpc) is 2.62. The van der Waals surface area contributed by atoms with Gasteiger partial charge in [-0.15, -0.1) is 0 Å². The maximum Gasteiger partial charge on any atom is 0.416 e. The molecule has 0 bridgehead atoms. The molecule has 0 fully saturated rings. The monoisotopic (exact) mass is 450 g/mol. The van der Waals surface area contributed by atoms with Crippen molar-refractivity contribution in [3.63, 3.8) is 0 Å². The highest BCUT2D eigenvalue weighted by Crippen LogP contribution is 2.34. The van der Waals surface area contributed by atoms with Crippen molar-refractivity contribution in [2.24, 2.45) is 0 Å². The van der Waals surface area contributed by atoms with Crippen LogP contribution in [0.25, 0.3) is 0 Å². The average molecular weight is 451 g/mol. The summed E-state index contributed by atoms with van der Waals surface area (Å²) in [4.78, 5) is 13.0. The van der Waals surface area contributed by atoms with Crippen LogP contribution in [0.2, 0.25) is 5.02 Å². The molecule has 0 aliphatic carbocycles. The lowest BCUT2D eigenvalue weighted by Gasteiger charge is -2.13. The Labute approximate surface area is 171 Å². The molecule has 0 aliphatic rings. The Kier molecular flexibility index (Phi) is 7.15. The van der Waals surface area contributed by atoms with E-state index < -0.39 is 33.4 Å². The molecule has 1 amide bonds. The van der Waals surface area contributed by atoms with Gasteiger partial charge in [0, 0.05) is 5.56 Å². The number of carbonyl (C=O) groups is 1. The first-order chi connectivity index (χ1) is 13.4. The van der Waals surface area contributed by atoms with Gasteiger partial charge in [0.25, 0.3) is 15.9 Å². The Balaban J connectivity index is 2.25. The molecule has 0 unspecified atom stereocenters. The molecule has 0 radical (unpaired) electrons. The number of carbonyl (C=O) groups excluding carboxylic acids is 1. The van der Waals surface area contributed by atoms with Crippen LogP contribution < -0.4 is 14.9 Å². The van der Waals surface area contributed by atoms with Crippen molar-refractivity contribution < 1.29 is 31.3 Å². The quantitative estimate of drug-likeness (QED) is 0.604. The van der Waals surface area contributed by atoms with E-state index in [1.807, 2.05) is 18.8 Å². The lowest BCUT2D eigenvalue weighted by Crippen LogP contribution is -3.06. The molecular weight excluding hydrogens is 431 g/mol. The molecule has 0 saturated heterocycles. The first-order valence-electron chi connectivity index (χ1n) is 8.47. The number of halogens is 4. The van der Waals surface area contributed by atoms with Gasteiger partial charge >= 0.3 is 6.18 Å². The summed E-state index contributed by atoms with van der Waals surface area (Å²) in [5, 5.41) is 2.48. The summed E-state index contributed by atoms with van der Waals surface area (Å²) in [6.45, 7) is 1.08. The number of benzene rings is 2. The van der Waals surface area contributed by atoms with Crippen molar-refractivity contribution >= 4 is 33.2 Å². The molecule has 29 heavy (non-hydrogen) atoms. The number of quaternary nitrogens is 1. The fraction of sp³-hybridized carbons (Fsp3) is 0.278. The summed E-state index contributed by atoms with van der Waals surface area (Å²) in [6, 6.07) is 7.49. The zero-order valence-corrected chi connectivity index (χ0v) is 17.2. The van der Waals surface area contributed by atoms with Gasteiger partial charge in [0.1, 0.15) is 0 Å². The van der Waals surface area contributed by atoms with Crippen molar-refractivity contribution in [3.05, 3.63) is 58.6 Å². The molecule has 0 aliphatic heterocycles. The van der Waals surface area contributed by atoms with Gasteiger partial charge in [0.15, 0.2) is 0 Å². The number of hydrogen-bond donors (Lipinski definition) is 3. The minimum atomic E-state index is -4.66. The van der Waals surface area contributed by atoms with Crippen molar-refractivity contribution in [2.75, 3.05) is 31.9 Å². The minimum Gasteiger partial charge on any atom is -0.346 e. The first-order valence-corrected chi connectivity index (χ1v) is 10.3. The minimum absolute atomic E-state index is 0.108. The smallest absolute Gasteiger partial charge is 0.346 e. The Hall–Kier alpha value is -2.30. The first kappa shape index (κ1) is 23.0. The van der Waals surface area contributed by atoms with Crippen LogP contribution in [0.5, 0.6) is 0 Å². The Morgan fingerprint density at radius 1 is 1.14 bits per heavy atom. The lowest BCUT2D eigenvalue weighted by molar-refractivity contribution is -0.856. The number of rotatable bonds is 7. The largest absolute Gasteiger partial charge is 0.416 e. The maximum atomic E-state index is 12.9. The number of sulfonamides is 1. The van der Waals surface area contributed by atoms with Gasteiger partial charge in [0.05, 0.1) is 48.4 Å². The van der Waals surface area contributed by atoms with E-state index in [1.165, 1.54) is 18.2 Å². The van der Waals surface area contributed by atoms with Crippen molar-refractivity contribution in [3.8, 4) is 0 Å². The molecule has 11 heteroatoms. The third kappa shape index (κ3) is 6.34. The van der Waals surface area contributed by atoms with Gasteiger partial charge in [-0.2, -0.15) is 13.2 Å². The van der Waals surface area contributed by atoms with Crippen molar-refractivity contribution in [1.29, 1.82) is 0 Å². The zero-order chi connectivity index (χ0) is 21.8. The summed E-state index contributed by atoms with van der Waals surface area (Å²) < 4.78 is 65.9. The third-order valence-electron chi connectivity index (χ3n) is 3.86. The molecule has 0 atom stereocenters. The van der Waals surface area contributed by atoms with E-state index in [1.54, 1.807) is 0 Å². The zero-order valence-electron chi connectivity index (χ0n) is 15.6. The van der Waals surface area contributed by atoms with Crippen LogP contribution in [0, 0.1) is 0 Å². The Bertz CT molecular complexity index is 995. The molecule has 6 nitrogen and oxygen atoms in total. The van der Waals surface area contributed by atoms with E-state index in [0.717, 1.165) is 23.1 Å². The van der Waals surface area contributed by atoms with Crippen LogP contribution in [0.1, 0.15) is 15.9 Å². The summed E-state index contributed by atoms with van der Waals surface area (Å²) in [6.07, 6.45) is -4.66. The summed E-state index contributed by atoms with van der Waals surface area (Å²) >= 11 is 5.84. The number of anilines is 1. The van der Waals surface area contributed by atoms with Crippen LogP contribution >= 0.6 is 11.6 Å². The van der Waals surface area contributed by atoms with E-state index in [4.69, 9.17) is 11.6 Å². The van der Waals surface area contributed by atoms with Crippen molar-refractivity contribution in [1.82, 2.24) is 5.32 Å². The fourth-order valence-electron chi connectivity index (χ4n) is 2.32. The lowest BCUT2D eigenvalue weighted by atomic mass is 10.2. The number of amides is 1. The van der Waals surface area contributed by atoms with Crippen LogP contribution in [0.15, 0.2) is 47.4 Å². The molecule has 2 aromatic rings. The van der Waals surface area contributed by atoms with Crippen LogP contribution in [0.3, 0.4) is 0 Å². The molecule has 0 saturated carbocycles. The number of likely N-dealkylation sites (N-methyl/N-ethyl adjacent to an activating group) is 1. The summed E-state index contributed by atoms with van der Waals surface area (Å²) in [5.41, 5.74) is -1.35. The molecule has 0 heterocycles. The molecule has 2 aromatic carbocycles. The molecule has 2 rings (SSSR count). The van der Waals surface area contributed by atoms with E-state index in [2.05, 4.69) is 5.32 Å². The van der Waals surface area contributed by atoms with E-state index in [0.29, 0.717) is 19.2 Å². The Morgan fingerprint density at radius 2 is 1.83 bits per heavy atom. The van der Waals surface area contributed by atoms with Crippen LogP contribution in [-0.2, 0) is 16.2 Å². The highest BCUT2D eigenvalue weighted by Gasteiger charge is 2.31. The maximum absolute atomic E-state index is 12.9. The molecule has 0 spiro atoms. The fourth-order valence-corrected chi connectivity index (χ4v) is 3.65. The normalized spacial score (nSPS) is 12.1. The second-order valence-corrected chi connectivity index (χ2v) is 8.63. The van der Waals surface area contributed by atoms with Crippen LogP contribution in [0.4, 0.5) is 18.9 Å². The van der Waals surface area contributed by atoms with Gasteiger partial charge in [-0.05, 0) is 36.4 Å². The summed E-state index contributed by atoms with van der Waals surface area (Å²) in [5.74, 6) is -0.458. The molecule has 0 aromatic heterocycles.